The van der Waals surface area contributed by atoms with Gasteiger partial charge in [-0.05, 0) is 42.6 Å². The van der Waals surface area contributed by atoms with Gasteiger partial charge in [-0.15, -0.1) is 11.3 Å². The Morgan fingerprint density at radius 1 is 1.08 bits per heavy atom. The number of ether oxygens (including phenoxy) is 1. The van der Waals surface area contributed by atoms with E-state index >= 15 is 0 Å². The van der Waals surface area contributed by atoms with Crippen molar-refractivity contribution in [3.05, 3.63) is 46.7 Å². The lowest BCUT2D eigenvalue weighted by Crippen LogP contribution is -2.30. The van der Waals surface area contributed by atoms with E-state index < -0.39 is 18.0 Å². The molecule has 0 radical (unpaired) electrons. The first-order valence-electron chi connectivity index (χ1n) is 7.34. The molecule has 0 aliphatic carbocycles. The van der Waals surface area contributed by atoms with Crippen molar-refractivity contribution in [1.82, 2.24) is 0 Å². The second-order valence-corrected chi connectivity index (χ2v) is 6.17. The third-order valence-electron chi connectivity index (χ3n) is 3.05. The zero-order valence-electron chi connectivity index (χ0n) is 13.4. The Hall–Kier alpha value is -2.67. The smallest absolute Gasteiger partial charge is 0.311 e. The van der Waals surface area contributed by atoms with Gasteiger partial charge in [-0.25, -0.2) is 0 Å². The van der Waals surface area contributed by atoms with Crippen molar-refractivity contribution in [2.75, 3.05) is 10.6 Å². The van der Waals surface area contributed by atoms with Crippen molar-refractivity contribution in [3.8, 4) is 0 Å². The minimum Gasteiger partial charge on any atom is -0.452 e. The first-order valence-corrected chi connectivity index (χ1v) is 8.22. The number of benzene rings is 1. The molecule has 1 heterocycles. The second-order valence-electron chi connectivity index (χ2n) is 5.14. The summed E-state index contributed by atoms with van der Waals surface area (Å²) < 4.78 is 5.13. The normalized spacial score (nSPS) is 11.4. The molecule has 1 atom stereocenters. The topological polar surface area (TPSA) is 84.5 Å². The number of carbonyl (C=O) groups excluding carboxylic acids is 3. The van der Waals surface area contributed by atoms with Gasteiger partial charge < -0.3 is 15.4 Å². The summed E-state index contributed by atoms with van der Waals surface area (Å²) >= 11 is 1.46. The fourth-order valence-electron chi connectivity index (χ4n) is 1.93. The molecule has 1 aromatic heterocycles. The van der Waals surface area contributed by atoms with Crippen LogP contribution in [0.25, 0.3) is 0 Å². The third kappa shape index (κ3) is 5.51. The van der Waals surface area contributed by atoms with Gasteiger partial charge in [0.2, 0.25) is 5.91 Å². The molecule has 0 saturated heterocycles. The molecule has 126 valence electrons. The van der Waals surface area contributed by atoms with Crippen LogP contribution in [-0.2, 0) is 25.5 Å². The summed E-state index contributed by atoms with van der Waals surface area (Å²) in [7, 11) is 0. The Bertz CT molecular complexity index is 711. The van der Waals surface area contributed by atoms with E-state index in [1.807, 2.05) is 17.5 Å². The monoisotopic (exact) mass is 346 g/mol. The molecule has 2 rings (SSSR count). The fourth-order valence-corrected chi connectivity index (χ4v) is 2.62. The summed E-state index contributed by atoms with van der Waals surface area (Å²) in [4.78, 5) is 35.7. The molecule has 0 saturated carbocycles. The summed E-state index contributed by atoms with van der Waals surface area (Å²) in [6.07, 6.45) is -0.742. The molecule has 6 nitrogen and oxygen atoms in total. The fraction of sp³-hybridized carbons (Fsp3) is 0.235. The van der Waals surface area contributed by atoms with Gasteiger partial charge in [0.05, 0.1) is 6.42 Å². The zero-order valence-corrected chi connectivity index (χ0v) is 14.2. The van der Waals surface area contributed by atoms with Crippen molar-refractivity contribution in [1.29, 1.82) is 0 Å². The largest absolute Gasteiger partial charge is 0.452 e. The predicted octanol–water partition coefficient (Wildman–Crippen LogP) is 2.82. The number of amides is 2. The molecule has 0 unspecified atom stereocenters. The number of thiophene rings is 1. The highest BCUT2D eigenvalue weighted by atomic mass is 32.1. The van der Waals surface area contributed by atoms with E-state index in [2.05, 4.69) is 10.6 Å². The number of nitrogens with one attached hydrogen (secondary N) is 2. The van der Waals surface area contributed by atoms with Gasteiger partial charge in [0.15, 0.2) is 6.10 Å². The molecule has 2 aromatic rings. The molecule has 0 bridgehead atoms. The van der Waals surface area contributed by atoms with Gasteiger partial charge in [0.1, 0.15) is 0 Å². The first-order chi connectivity index (χ1) is 11.4. The Balaban J connectivity index is 1.84. The lowest BCUT2D eigenvalue weighted by atomic mass is 10.2. The zero-order chi connectivity index (χ0) is 17.5. The molecule has 24 heavy (non-hydrogen) atoms. The minimum atomic E-state index is -0.896. The Morgan fingerprint density at radius 3 is 2.25 bits per heavy atom. The number of esters is 1. The number of carbonyl (C=O) groups is 3. The third-order valence-corrected chi connectivity index (χ3v) is 3.93. The lowest BCUT2D eigenvalue weighted by molar-refractivity contribution is -0.152. The van der Waals surface area contributed by atoms with E-state index in [0.29, 0.717) is 11.4 Å². The van der Waals surface area contributed by atoms with Gasteiger partial charge >= 0.3 is 5.97 Å². The number of anilines is 2. The quantitative estimate of drug-likeness (QED) is 0.788. The van der Waals surface area contributed by atoms with Crippen molar-refractivity contribution in [2.45, 2.75) is 26.4 Å². The maximum absolute atomic E-state index is 12.1. The second kappa shape index (κ2) is 8.26. The maximum Gasteiger partial charge on any atom is 0.311 e. The molecule has 0 aliphatic rings. The van der Waals surface area contributed by atoms with E-state index in [1.54, 1.807) is 24.3 Å². The van der Waals surface area contributed by atoms with E-state index in [0.717, 1.165) is 4.88 Å². The van der Waals surface area contributed by atoms with Crippen molar-refractivity contribution in [2.24, 2.45) is 0 Å². The van der Waals surface area contributed by atoms with Crippen LogP contribution >= 0.6 is 11.3 Å². The summed E-state index contributed by atoms with van der Waals surface area (Å²) in [5.74, 6) is -1.03. The standard InChI is InChI=1S/C17H18N2O4S/c1-11(23-16(21)10-15-4-3-9-24-15)17(22)19-14-7-5-13(6-8-14)18-12(2)20/h3-9,11H,10H2,1-2H3,(H,18,20)(H,19,22)/t11-/m0/s1. The summed E-state index contributed by atoms with van der Waals surface area (Å²) in [5.41, 5.74) is 1.19. The highest BCUT2D eigenvalue weighted by Crippen LogP contribution is 2.14. The predicted molar refractivity (Wildman–Crippen MR) is 93.0 cm³/mol. The SMILES string of the molecule is CC(=O)Nc1ccc(NC(=O)[C@H](C)OC(=O)Cc2cccs2)cc1. The molecule has 1 aromatic carbocycles. The Labute approximate surface area is 143 Å². The van der Waals surface area contributed by atoms with Crippen LogP contribution < -0.4 is 10.6 Å². The molecular formula is C17H18N2O4S. The van der Waals surface area contributed by atoms with Gasteiger partial charge in [-0.3, -0.25) is 14.4 Å². The highest BCUT2D eigenvalue weighted by Gasteiger charge is 2.18. The van der Waals surface area contributed by atoms with Crippen LogP contribution in [0.1, 0.15) is 18.7 Å². The number of hydrogen-bond acceptors (Lipinski definition) is 5. The van der Waals surface area contributed by atoms with Crippen LogP contribution in [0.5, 0.6) is 0 Å². The molecule has 0 spiro atoms. The van der Waals surface area contributed by atoms with E-state index in [4.69, 9.17) is 4.74 Å². The Morgan fingerprint density at radius 2 is 1.71 bits per heavy atom. The van der Waals surface area contributed by atoms with Crippen molar-refractivity contribution < 1.29 is 19.1 Å². The molecule has 2 N–H and O–H groups in total. The molecule has 2 amide bonds. The number of hydrogen-bond donors (Lipinski definition) is 2. The molecular weight excluding hydrogens is 328 g/mol. The summed E-state index contributed by atoms with van der Waals surface area (Å²) in [6.45, 7) is 2.94. The van der Waals surface area contributed by atoms with Crippen LogP contribution in [0.3, 0.4) is 0 Å². The Kier molecular flexibility index (Phi) is 6.08. The van der Waals surface area contributed by atoms with E-state index in [9.17, 15) is 14.4 Å². The summed E-state index contributed by atoms with van der Waals surface area (Å²) in [5, 5.41) is 7.17. The first kappa shape index (κ1) is 17.7. The molecule has 0 fully saturated rings. The van der Waals surface area contributed by atoms with Crippen LogP contribution in [0.2, 0.25) is 0 Å². The average molecular weight is 346 g/mol. The summed E-state index contributed by atoms with van der Waals surface area (Å²) in [6, 6.07) is 10.4. The van der Waals surface area contributed by atoms with Gasteiger partial charge in [0.25, 0.3) is 5.91 Å². The van der Waals surface area contributed by atoms with Gasteiger partial charge in [-0.2, -0.15) is 0 Å². The van der Waals surface area contributed by atoms with Crippen LogP contribution in [0, 0.1) is 0 Å². The van der Waals surface area contributed by atoms with Crippen LogP contribution in [0.15, 0.2) is 41.8 Å². The maximum atomic E-state index is 12.1. The van der Waals surface area contributed by atoms with E-state index in [1.165, 1.54) is 25.2 Å². The van der Waals surface area contributed by atoms with Gasteiger partial charge in [0, 0.05) is 23.2 Å². The highest BCUT2D eigenvalue weighted by molar-refractivity contribution is 7.10. The lowest BCUT2D eigenvalue weighted by Gasteiger charge is -2.13. The average Bonchev–Trinajstić information content (AvgIpc) is 3.01. The van der Waals surface area contributed by atoms with Crippen molar-refractivity contribution >= 4 is 40.5 Å². The molecule has 0 aliphatic heterocycles. The van der Waals surface area contributed by atoms with Gasteiger partial charge in [-0.1, -0.05) is 6.07 Å². The molecule has 7 heteroatoms. The van der Waals surface area contributed by atoms with Crippen LogP contribution in [-0.4, -0.2) is 23.9 Å². The minimum absolute atomic E-state index is 0.153. The van der Waals surface area contributed by atoms with Crippen LogP contribution in [0.4, 0.5) is 11.4 Å². The van der Waals surface area contributed by atoms with Crippen molar-refractivity contribution in [3.63, 3.8) is 0 Å². The number of rotatable bonds is 6. The van der Waals surface area contributed by atoms with E-state index in [-0.39, 0.29) is 12.3 Å².